The molecule has 0 radical (unpaired) electrons. The average Bonchev–Trinajstić information content (AvgIpc) is 2.98. The molecule has 21 heavy (non-hydrogen) atoms. The molecule has 0 fully saturated rings. The number of carbonyl (C=O) groups is 2. The SMILES string of the molecule is O=C(Nc1sc2c(c1C(=O)O)CCC2)c1ccccc1Br. The number of nitrogens with one attached hydrogen (secondary N) is 1. The number of fused-ring (bicyclic) bond motifs is 1. The zero-order valence-corrected chi connectivity index (χ0v) is 13.4. The van der Waals surface area contributed by atoms with Crippen LogP contribution in [0, 0.1) is 0 Å². The minimum absolute atomic E-state index is 0.257. The van der Waals surface area contributed by atoms with Gasteiger partial charge in [0.1, 0.15) is 5.00 Å². The number of rotatable bonds is 3. The van der Waals surface area contributed by atoms with Crippen LogP contribution in [-0.4, -0.2) is 17.0 Å². The van der Waals surface area contributed by atoms with Crippen molar-refractivity contribution >= 4 is 44.1 Å². The number of hydrogen-bond donors (Lipinski definition) is 2. The summed E-state index contributed by atoms with van der Waals surface area (Å²) in [6, 6.07) is 7.07. The van der Waals surface area contributed by atoms with Crippen LogP contribution in [0.1, 0.15) is 37.6 Å². The van der Waals surface area contributed by atoms with E-state index in [-0.39, 0.29) is 11.5 Å². The normalized spacial score (nSPS) is 13.0. The summed E-state index contributed by atoms with van der Waals surface area (Å²) in [6.07, 6.45) is 2.66. The Morgan fingerprint density at radius 2 is 2.00 bits per heavy atom. The van der Waals surface area contributed by atoms with E-state index in [1.807, 2.05) is 6.07 Å². The highest BCUT2D eigenvalue weighted by Gasteiger charge is 2.27. The van der Waals surface area contributed by atoms with Gasteiger partial charge < -0.3 is 10.4 Å². The summed E-state index contributed by atoms with van der Waals surface area (Å²) in [5.41, 5.74) is 1.63. The zero-order valence-electron chi connectivity index (χ0n) is 11.0. The lowest BCUT2D eigenvalue weighted by Crippen LogP contribution is -2.14. The molecule has 1 aromatic heterocycles. The summed E-state index contributed by atoms with van der Waals surface area (Å²) in [7, 11) is 0. The Balaban J connectivity index is 1.94. The number of aromatic carboxylic acids is 1. The molecule has 0 aliphatic heterocycles. The molecule has 0 bridgehead atoms. The number of carbonyl (C=O) groups excluding carboxylic acids is 1. The maximum Gasteiger partial charge on any atom is 0.339 e. The molecule has 1 aromatic carbocycles. The van der Waals surface area contributed by atoms with Crippen molar-refractivity contribution in [2.24, 2.45) is 0 Å². The highest BCUT2D eigenvalue weighted by molar-refractivity contribution is 9.10. The van der Waals surface area contributed by atoms with Gasteiger partial charge in [-0.05, 0) is 52.9 Å². The van der Waals surface area contributed by atoms with Gasteiger partial charge in [-0.25, -0.2) is 4.79 Å². The smallest absolute Gasteiger partial charge is 0.339 e. The van der Waals surface area contributed by atoms with Crippen molar-refractivity contribution < 1.29 is 14.7 Å². The predicted octanol–water partition coefficient (Wildman–Crippen LogP) is 3.95. The Labute approximate surface area is 133 Å². The second-order valence-corrected chi connectivity index (χ2v) is 6.76. The van der Waals surface area contributed by atoms with Crippen molar-refractivity contribution in [2.45, 2.75) is 19.3 Å². The first kappa shape index (κ1) is 14.3. The molecule has 1 aliphatic carbocycles. The second-order valence-electron chi connectivity index (χ2n) is 4.80. The third-order valence-electron chi connectivity index (χ3n) is 3.48. The number of benzene rings is 1. The maximum absolute atomic E-state index is 12.3. The van der Waals surface area contributed by atoms with Crippen molar-refractivity contribution in [1.82, 2.24) is 0 Å². The van der Waals surface area contributed by atoms with Gasteiger partial charge in [-0.15, -0.1) is 11.3 Å². The van der Waals surface area contributed by atoms with Crippen molar-refractivity contribution in [3.05, 3.63) is 50.3 Å². The molecule has 6 heteroatoms. The number of anilines is 1. The van der Waals surface area contributed by atoms with Crippen molar-refractivity contribution in [2.75, 3.05) is 5.32 Å². The molecule has 0 saturated heterocycles. The monoisotopic (exact) mass is 365 g/mol. The number of amides is 1. The fraction of sp³-hybridized carbons (Fsp3) is 0.200. The average molecular weight is 366 g/mol. The summed E-state index contributed by atoms with van der Waals surface area (Å²) < 4.78 is 0.684. The van der Waals surface area contributed by atoms with Crippen LogP contribution in [0.25, 0.3) is 0 Å². The van der Waals surface area contributed by atoms with Crippen LogP contribution in [0.4, 0.5) is 5.00 Å². The molecule has 0 saturated carbocycles. The minimum atomic E-state index is -0.975. The van der Waals surface area contributed by atoms with E-state index in [4.69, 9.17) is 0 Å². The Morgan fingerprint density at radius 3 is 2.71 bits per heavy atom. The number of carboxylic acids is 1. The molecule has 0 unspecified atom stereocenters. The Bertz CT molecular complexity index is 739. The van der Waals surface area contributed by atoms with Crippen molar-refractivity contribution in [3.8, 4) is 0 Å². The first-order valence-corrected chi connectivity index (χ1v) is 8.12. The van der Waals surface area contributed by atoms with Gasteiger partial charge >= 0.3 is 5.97 Å². The summed E-state index contributed by atoms with van der Waals surface area (Å²) in [4.78, 5) is 24.9. The number of carboxylic acid groups (broad SMARTS) is 1. The van der Waals surface area contributed by atoms with Gasteiger partial charge in [0.2, 0.25) is 0 Å². The molecule has 0 spiro atoms. The molecule has 1 aliphatic rings. The van der Waals surface area contributed by atoms with Crippen LogP contribution in [0.15, 0.2) is 28.7 Å². The van der Waals surface area contributed by atoms with Gasteiger partial charge in [0.15, 0.2) is 0 Å². The first-order valence-electron chi connectivity index (χ1n) is 6.51. The number of hydrogen-bond acceptors (Lipinski definition) is 3. The van der Waals surface area contributed by atoms with E-state index >= 15 is 0 Å². The van der Waals surface area contributed by atoms with E-state index in [1.165, 1.54) is 11.3 Å². The Hall–Kier alpha value is -1.66. The zero-order chi connectivity index (χ0) is 15.0. The van der Waals surface area contributed by atoms with Gasteiger partial charge in [0.05, 0.1) is 11.1 Å². The molecule has 4 nitrogen and oxygen atoms in total. The summed E-state index contributed by atoms with van der Waals surface area (Å²) in [5.74, 6) is -1.28. The molecular weight excluding hydrogens is 354 g/mol. The minimum Gasteiger partial charge on any atom is -0.478 e. The molecule has 2 aromatic rings. The lowest BCUT2D eigenvalue weighted by molar-refractivity contribution is 0.0697. The van der Waals surface area contributed by atoms with E-state index in [9.17, 15) is 14.7 Å². The van der Waals surface area contributed by atoms with Gasteiger partial charge in [0, 0.05) is 9.35 Å². The topological polar surface area (TPSA) is 66.4 Å². The quantitative estimate of drug-likeness (QED) is 0.865. The standard InChI is InChI=1S/C15H12BrNO3S/c16-10-6-2-1-4-8(10)13(18)17-14-12(15(19)20)9-5-3-7-11(9)21-14/h1-2,4,6H,3,5,7H2,(H,17,18)(H,19,20). The highest BCUT2D eigenvalue weighted by Crippen LogP contribution is 2.39. The van der Waals surface area contributed by atoms with Crippen LogP contribution in [0.2, 0.25) is 0 Å². The number of halogens is 1. The third kappa shape index (κ3) is 2.61. The van der Waals surface area contributed by atoms with E-state index in [0.717, 1.165) is 29.7 Å². The molecule has 1 heterocycles. The largest absolute Gasteiger partial charge is 0.478 e. The predicted molar refractivity (Wildman–Crippen MR) is 85.4 cm³/mol. The molecule has 1 amide bonds. The number of aryl methyl sites for hydroxylation is 1. The van der Waals surface area contributed by atoms with E-state index < -0.39 is 5.97 Å². The molecule has 2 N–H and O–H groups in total. The van der Waals surface area contributed by atoms with Crippen LogP contribution in [-0.2, 0) is 12.8 Å². The fourth-order valence-electron chi connectivity index (χ4n) is 2.53. The first-order chi connectivity index (χ1) is 10.1. The number of thiophene rings is 1. The molecule has 108 valence electrons. The van der Waals surface area contributed by atoms with Crippen LogP contribution >= 0.6 is 27.3 Å². The van der Waals surface area contributed by atoms with Crippen LogP contribution in [0.3, 0.4) is 0 Å². The van der Waals surface area contributed by atoms with Crippen LogP contribution < -0.4 is 5.32 Å². The maximum atomic E-state index is 12.3. The van der Waals surface area contributed by atoms with Gasteiger partial charge in [-0.3, -0.25) is 4.79 Å². The van der Waals surface area contributed by atoms with Crippen molar-refractivity contribution in [1.29, 1.82) is 0 Å². The molecule has 3 rings (SSSR count). The summed E-state index contributed by atoms with van der Waals surface area (Å²) in [6.45, 7) is 0. The Morgan fingerprint density at radius 1 is 1.24 bits per heavy atom. The van der Waals surface area contributed by atoms with Gasteiger partial charge in [-0.2, -0.15) is 0 Å². The lowest BCUT2D eigenvalue weighted by Gasteiger charge is -2.06. The Kier molecular flexibility index (Phi) is 3.82. The summed E-state index contributed by atoms with van der Waals surface area (Å²) in [5, 5.41) is 12.6. The van der Waals surface area contributed by atoms with E-state index in [1.54, 1.807) is 18.2 Å². The van der Waals surface area contributed by atoms with Gasteiger partial charge in [0.25, 0.3) is 5.91 Å². The third-order valence-corrected chi connectivity index (χ3v) is 5.38. The van der Waals surface area contributed by atoms with Crippen molar-refractivity contribution in [3.63, 3.8) is 0 Å². The van der Waals surface area contributed by atoms with E-state index in [2.05, 4.69) is 21.2 Å². The van der Waals surface area contributed by atoms with Gasteiger partial charge in [-0.1, -0.05) is 12.1 Å². The molecule has 0 atom stereocenters. The molecular formula is C15H12BrNO3S. The fourth-order valence-corrected chi connectivity index (χ4v) is 4.28. The van der Waals surface area contributed by atoms with Crippen LogP contribution in [0.5, 0.6) is 0 Å². The second kappa shape index (κ2) is 5.61. The summed E-state index contributed by atoms with van der Waals surface area (Å²) >= 11 is 4.71. The highest BCUT2D eigenvalue weighted by atomic mass is 79.9. The lowest BCUT2D eigenvalue weighted by atomic mass is 10.1. The van der Waals surface area contributed by atoms with E-state index in [0.29, 0.717) is 15.0 Å².